The van der Waals surface area contributed by atoms with E-state index in [2.05, 4.69) is 10.1 Å². The molecule has 1 rings (SSSR count). The van der Waals surface area contributed by atoms with Crippen molar-refractivity contribution >= 4 is 11.3 Å². The number of hydrogen-bond acceptors (Lipinski definition) is 3. The van der Waals surface area contributed by atoms with Crippen molar-refractivity contribution in [1.82, 2.24) is 5.32 Å². The lowest BCUT2D eigenvalue weighted by Gasteiger charge is -2.19. The number of alkyl halides is 4. The number of thiophene rings is 1. The molecule has 1 atom stereocenters. The van der Waals surface area contributed by atoms with Gasteiger partial charge in [0.1, 0.15) is 6.61 Å². The maximum absolute atomic E-state index is 12.6. The third-order valence-electron chi connectivity index (χ3n) is 2.40. The molecule has 1 N–H and O–H groups in total. The summed E-state index contributed by atoms with van der Waals surface area (Å²) in [6, 6.07) is 1.75. The summed E-state index contributed by atoms with van der Waals surface area (Å²) >= 11 is 1.54. The zero-order valence-corrected chi connectivity index (χ0v) is 10.7. The highest BCUT2D eigenvalue weighted by Crippen LogP contribution is 2.22. The molecule has 0 bridgehead atoms. The van der Waals surface area contributed by atoms with E-state index >= 15 is 0 Å². The number of ether oxygens (including phenoxy) is 1. The standard InChI is InChI=1S/C11H15F4NOS/c1-16-9(4-8-2-3-18-6-8)5-17-7-11(14,15)10(12)13/h2-3,6,9-10,16H,4-5,7H2,1H3. The normalized spacial score (nSPS) is 14.1. The molecule has 0 aliphatic heterocycles. The van der Waals surface area contributed by atoms with Crippen LogP contribution in [0.15, 0.2) is 16.8 Å². The summed E-state index contributed by atoms with van der Waals surface area (Å²) in [6.45, 7) is -1.29. The lowest BCUT2D eigenvalue weighted by atomic mass is 10.1. The number of halogens is 4. The third kappa shape index (κ3) is 4.91. The number of likely N-dealkylation sites (N-methyl/N-ethyl adjacent to an activating group) is 1. The van der Waals surface area contributed by atoms with E-state index in [-0.39, 0.29) is 12.6 Å². The molecule has 18 heavy (non-hydrogen) atoms. The molecule has 104 valence electrons. The Morgan fingerprint density at radius 1 is 1.44 bits per heavy atom. The highest BCUT2D eigenvalue weighted by atomic mass is 32.1. The van der Waals surface area contributed by atoms with Gasteiger partial charge in [0.05, 0.1) is 6.61 Å². The van der Waals surface area contributed by atoms with E-state index in [9.17, 15) is 17.6 Å². The van der Waals surface area contributed by atoms with Gasteiger partial charge >= 0.3 is 12.3 Å². The van der Waals surface area contributed by atoms with Crippen LogP contribution in [-0.2, 0) is 11.2 Å². The van der Waals surface area contributed by atoms with Crippen molar-refractivity contribution in [2.75, 3.05) is 20.3 Å². The van der Waals surface area contributed by atoms with Crippen molar-refractivity contribution in [3.05, 3.63) is 22.4 Å². The van der Waals surface area contributed by atoms with E-state index in [1.807, 2.05) is 16.8 Å². The first-order valence-corrected chi connectivity index (χ1v) is 6.32. The van der Waals surface area contributed by atoms with Crippen LogP contribution >= 0.6 is 11.3 Å². The Bertz CT molecular complexity index is 332. The highest BCUT2D eigenvalue weighted by Gasteiger charge is 2.41. The SMILES string of the molecule is CNC(COCC(F)(F)C(F)F)Cc1ccsc1. The molecule has 0 radical (unpaired) electrons. The van der Waals surface area contributed by atoms with Crippen LogP contribution in [0.25, 0.3) is 0 Å². The zero-order valence-electron chi connectivity index (χ0n) is 9.84. The van der Waals surface area contributed by atoms with Gasteiger partial charge in [-0.3, -0.25) is 0 Å². The van der Waals surface area contributed by atoms with E-state index in [1.165, 1.54) is 11.3 Å². The van der Waals surface area contributed by atoms with Crippen molar-refractivity contribution < 1.29 is 22.3 Å². The summed E-state index contributed by atoms with van der Waals surface area (Å²) in [5.74, 6) is -4.08. The Balaban J connectivity index is 2.32. The van der Waals surface area contributed by atoms with E-state index in [4.69, 9.17) is 0 Å². The fraction of sp³-hybridized carbons (Fsp3) is 0.636. The molecule has 1 aromatic rings. The minimum absolute atomic E-state index is 0.0331. The molecule has 1 aromatic heterocycles. The first kappa shape index (κ1) is 15.4. The minimum Gasteiger partial charge on any atom is -0.373 e. The second-order valence-corrected chi connectivity index (χ2v) is 4.68. The average molecular weight is 285 g/mol. The first-order valence-electron chi connectivity index (χ1n) is 5.37. The molecular formula is C11H15F4NOS. The van der Waals surface area contributed by atoms with Crippen LogP contribution < -0.4 is 5.32 Å². The van der Waals surface area contributed by atoms with Gasteiger partial charge in [0.15, 0.2) is 0 Å². The summed E-state index contributed by atoms with van der Waals surface area (Å²) in [7, 11) is 1.67. The van der Waals surface area contributed by atoms with Crippen LogP contribution in [0.3, 0.4) is 0 Å². The highest BCUT2D eigenvalue weighted by molar-refractivity contribution is 7.07. The van der Waals surface area contributed by atoms with Crippen molar-refractivity contribution in [3.63, 3.8) is 0 Å². The molecule has 0 spiro atoms. The maximum Gasteiger partial charge on any atom is 0.330 e. The molecule has 1 unspecified atom stereocenters. The van der Waals surface area contributed by atoms with Gasteiger partial charge in [0.2, 0.25) is 0 Å². The Morgan fingerprint density at radius 3 is 2.67 bits per heavy atom. The fourth-order valence-corrected chi connectivity index (χ4v) is 2.02. The summed E-state index contributed by atoms with van der Waals surface area (Å²) in [5.41, 5.74) is 1.06. The van der Waals surface area contributed by atoms with Crippen LogP contribution in [0, 0.1) is 0 Å². The van der Waals surface area contributed by atoms with E-state index in [0.717, 1.165) is 5.56 Å². The predicted molar refractivity (Wildman–Crippen MR) is 62.6 cm³/mol. The van der Waals surface area contributed by atoms with Gasteiger partial charge < -0.3 is 10.1 Å². The average Bonchev–Trinajstić information content (AvgIpc) is 2.80. The van der Waals surface area contributed by atoms with Gasteiger partial charge in [0.25, 0.3) is 0 Å². The molecule has 2 nitrogen and oxygen atoms in total. The van der Waals surface area contributed by atoms with Crippen molar-refractivity contribution in [3.8, 4) is 0 Å². The van der Waals surface area contributed by atoms with E-state index in [0.29, 0.717) is 6.42 Å². The van der Waals surface area contributed by atoms with E-state index < -0.39 is 19.0 Å². The topological polar surface area (TPSA) is 21.3 Å². The summed E-state index contributed by atoms with van der Waals surface area (Å²) in [5, 5.41) is 6.76. The van der Waals surface area contributed by atoms with Gasteiger partial charge in [-0.1, -0.05) is 0 Å². The molecule has 0 aliphatic carbocycles. The summed E-state index contributed by atoms with van der Waals surface area (Å²) < 4.78 is 53.6. The van der Waals surface area contributed by atoms with Gasteiger partial charge in [-0.05, 0) is 35.9 Å². The predicted octanol–water partition coefficient (Wildman–Crippen LogP) is 2.80. The molecule has 7 heteroatoms. The van der Waals surface area contributed by atoms with Crippen molar-refractivity contribution in [1.29, 1.82) is 0 Å². The second-order valence-electron chi connectivity index (χ2n) is 3.90. The minimum atomic E-state index is -4.08. The molecule has 0 saturated carbocycles. The van der Waals surface area contributed by atoms with Crippen LogP contribution in [-0.4, -0.2) is 38.7 Å². The molecule has 0 aliphatic rings. The van der Waals surface area contributed by atoms with Gasteiger partial charge in [-0.25, -0.2) is 8.78 Å². The lowest BCUT2D eigenvalue weighted by molar-refractivity contribution is -0.166. The Kier molecular flexibility index (Phi) is 6.04. The van der Waals surface area contributed by atoms with Gasteiger partial charge in [0, 0.05) is 6.04 Å². The number of nitrogens with one attached hydrogen (secondary N) is 1. The summed E-state index contributed by atoms with van der Waals surface area (Å²) in [4.78, 5) is 0. The quantitative estimate of drug-likeness (QED) is 0.742. The van der Waals surface area contributed by atoms with E-state index in [1.54, 1.807) is 7.05 Å². The fourth-order valence-electron chi connectivity index (χ4n) is 1.34. The smallest absolute Gasteiger partial charge is 0.330 e. The Hall–Kier alpha value is -0.660. The lowest BCUT2D eigenvalue weighted by Crippen LogP contribution is -2.37. The van der Waals surface area contributed by atoms with Crippen LogP contribution in [0.4, 0.5) is 17.6 Å². The molecule has 0 fully saturated rings. The second kappa shape index (κ2) is 7.06. The van der Waals surface area contributed by atoms with Crippen LogP contribution in [0.1, 0.15) is 5.56 Å². The molecule has 1 heterocycles. The van der Waals surface area contributed by atoms with Crippen LogP contribution in [0.2, 0.25) is 0 Å². The molecular weight excluding hydrogens is 270 g/mol. The monoisotopic (exact) mass is 285 g/mol. The third-order valence-corrected chi connectivity index (χ3v) is 3.14. The Labute approximate surface area is 107 Å². The Morgan fingerprint density at radius 2 is 2.17 bits per heavy atom. The largest absolute Gasteiger partial charge is 0.373 e. The molecule has 0 aromatic carbocycles. The molecule has 0 amide bonds. The summed E-state index contributed by atoms with van der Waals surface area (Å²) in [6.07, 6.45) is -3.08. The zero-order chi connectivity index (χ0) is 13.6. The van der Waals surface area contributed by atoms with Gasteiger partial charge in [-0.15, -0.1) is 0 Å². The molecule has 0 saturated heterocycles. The van der Waals surface area contributed by atoms with Gasteiger partial charge in [-0.2, -0.15) is 20.1 Å². The van der Waals surface area contributed by atoms with Crippen molar-refractivity contribution in [2.45, 2.75) is 24.8 Å². The number of rotatable bonds is 8. The number of hydrogen-bond donors (Lipinski definition) is 1. The first-order chi connectivity index (χ1) is 8.45. The van der Waals surface area contributed by atoms with Crippen LogP contribution in [0.5, 0.6) is 0 Å². The van der Waals surface area contributed by atoms with Crippen molar-refractivity contribution in [2.24, 2.45) is 0 Å². The maximum atomic E-state index is 12.6.